The first-order valence-electron chi connectivity index (χ1n) is 7.35. The van der Waals surface area contributed by atoms with E-state index in [1.54, 1.807) is 12.1 Å². The van der Waals surface area contributed by atoms with E-state index in [2.05, 4.69) is 20.4 Å². The van der Waals surface area contributed by atoms with Crippen molar-refractivity contribution in [2.24, 2.45) is 0 Å². The average Bonchev–Trinajstić information content (AvgIpc) is 3.26. The number of benzene rings is 2. The van der Waals surface area contributed by atoms with Crippen LogP contribution in [0, 0.1) is 11.3 Å². The summed E-state index contributed by atoms with van der Waals surface area (Å²) in [6, 6.07) is 12.3. The van der Waals surface area contributed by atoms with Crippen LogP contribution in [-0.4, -0.2) is 20.4 Å². The Morgan fingerprint density at radius 3 is 2.42 bits per heavy atom. The second kappa shape index (κ2) is 5.93. The third-order valence-electron chi connectivity index (χ3n) is 3.77. The molecule has 0 aliphatic carbocycles. The van der Waals surface area contributed by atoms with Gasteiger partial charge in [-0.2, -0.15) is 28.7 Å². The molecule has 0 atom stereocenters. The molecule has 0 unspecified atom stereocenters. The Kier molecular flexibility index (Phi) is 3.70. The van der Waals surface area contributed by atoms with E-state index in [4.69, 9.17) is 5.26 Å². The molecule has 0 aliphatic rings. The highest BCUT2D eigenvalue weighted by atomic mass is 32.1. The lowest BCUT2D eigenvalue weighted by molar-refractivity contribution is -0.137. The average molecular weight is 371 g/mol. The fourth-order valence-electron chi connectivity index (χ4n) is 2.51. The normalized spacial score (nSPS) is 11.6. The van der Waals surface area contributed by atoms with Crippen LogP contribution in [0.5, 0.6) is 0 Å². The summed E-state index contributed by atoms with van der Waals surface area (Å²) >= 11 is 1.35. The van der Waals surface area contributed by atoms with E-state index in [-0.39, 0.29) is 5.69 Å². The number of nitrogens with zero attached hydrogens (tertiary/aromatic N) is 4. The van der Waals surface area contributed by atoms with Crippen LogP contribution in [0.1, 0.15) is 11.3 Å². The maximum atomic E-state index is 12.7. The molecule has 0 fully saturated rings. The van der Waals surface area contributed by atoms with E-state index in [1.807, 2.05) is 12.1 Å². The van der Waals surface area contributed by atoms with Crippen LogP contribution in [0.25, 0.3) is 32.0 Å². The second-order valence-corrected chi connectivity index (χ2v) is 6.44. The third kappa shape index (κ3) is 2.80. The molecular formula is C17H8F3N5S. The van der Waals surface area contributed by atoms with E-state index in [0.717, 1.165) is 22.3 Å². The Morgan fingerprint density at radius 1 is 1.00 bits per heavy atom. The van der Waals surface area contributed by atoms with Gasteiger partial charge in [0.05, 0.1) is 15.8 Å². The van der Waals surface area contributed by atoms with Crippen molar-refractivity contribution < 1.29 is 13.2 Å². The largest absolute Gasteiger partial charge is 0.416 e. The van der Waals surface area contributed by atoms with E-state index >= 15 is 0 Å². The summed E-state index contributed by atoms with van der Waals surface area (Å²) in [4.78, 5) is 4.47. The summed E-state index contributed by atoms with van der Waals surface area (Å²) in [6.07, 6.45) is -4.36. The number of aromatic amines is 1. The molecule has 0 amide bonds. The highest BCUT2D eigenvalue weighted by molar-refractivity contribution is 7.21. The molecule has 0 saturated carbocycles. The van der Waals surface area contributed by atoms with Crippen molar-refractivity contribution in [3.63, 3.8) is 0 Å². The van der Waals surface area contributed by atoms with Gasteiger partial charge in [0.15, 0.2) is 5.69 Å². The smallest absolute Gasteiger partial charge is 0.236 e. The molecule has 2 heterocycles. The minimum Gasteiger partial charge on any atom is -0.236 e. The summed E-state index contributed by atoms with van der Waals surface area (Å²) < 4.78 is 38.9. The first-order valence-corrected chi connectivity index (χ1v) is 8.17. The lowest BCUT2D eigenvalue weighted by Gasteiger charge is -2.06. The first kappa shape index (κ1) is 16.2. The molecule has 0 bridgehead atoms. The number of nitrogens with one attached hydrogen (secondary N) is 1. The van der Waals surface area contributed by atoms with E-state index in [1.165, 1.54) is 23.5 Å². The topological polar surface area (TPSA) is 78.2 Å². The molecule has 4 rings (SSSR count). The molecule has 5 nitrogen and oxygen atoms in total. The molecule has 4 aromatic rings. The molecule has 9 heteroatoms. The van der Waals surface area contributed by atoms with Crippen molar-refractivity contribution in [1.29, 1.82) is 5.26 Å². The number of aromatic nitrogens is 4. The maximum Gasteiger partial charge on any atom is 0.416 e. The summed E-state index contributed by atoms with van der Waals surface area (Å²) in [7, 11) is 0. The van der Waals surface area contributed by atoms with Gasteiger partial charge in [0.1, 0.15) is 16.8 Å². The van der Waals surface area contributed by atoms with Gasteiger partial charge in [-0.15, -0.1) is 16.4 Å². The number of rotatable bonds is 2. The van der Waals surface area contributed by atoms with Gasteiger partial charge in [0, 0.05) is 11.1 Å². The van der Waals surface area contributed by atoms with Gasteiger partial charge in [-0.05, 0) is 24.3 Å². The van der Waals surface area contributed by atoms with Crippen molar-refractivity contribution in [3.05, 3.63) is 53.7 Å². The highest BCUT2D eigenvalue weighted by Gasteiger charge is 2.30. The lowest BCUT2D eigenvalue weighted by Crippen LogP contribution is -2.03. The monoisotopic (exact) mass is 371 g/mol. The van der Waals surface area contributed by atoms with Gasteiger partial charge in [-0.1, -0.05) is 18.2 Å². The zero-order chi connectivity index (χ0) is 18.3. The van der Waals surface area contributed by atoms with Gasteiger partial charge >= 0.3 is 6.18 Å². The zero-order valence-corrected chi connectivity index (χ0v) is 13.7. The Bertz CT molecular complexity index is 1140. The zero-order valence-electron chi connectivity index (χ0n) is 12.9. The SMILES string of the molecule is N#Cc1n[nH]nc1-c1ccc2nc(-c3ccc(C(F)(F)F)cc3)sc2c1. The predicted molar refractivity (Wildman–Crippen MR) is 90.1 cm³/mol. The number of fused-ring (bicyclic) bond motifs is 1. The summed E-state index contributed by atoms with van der Waals surface area (Å²) in [6.45, 7) is 0. The molecule has 128 valence electrons. The number of thiazole rings is 1. The lowest BCUT2D eigenvalue weighted by atomic mass is 10.1. The number of H-pyrrole nitrogens is 1. The highest BCUT2D eigenvalue weighted by Crippen LogP contribution is 2.35. The van der Waals surface area contributed by atoms with Gasteiger partial charge in [0.25, 0.3) is 0 Å². The van der Waals surface area contributed by atoms with E-state index in [9.17, 15) is 13.2 Å². The van der Waals surface area contributed by atoms with Crippen LogP contribution >= 0.6 is 11.3 Å². The summed E-state index contributed by atoms with van der Waals surface area (Å²) in [5.74, 6) is 0. The van der Waals surface area contributed by atoms with Gasteiger partial charge < -0.3 is 0 Å². The van der Waals surface area contributed by atoms with Crippen molar-refractivity contribution in [1.82, 2.24) is 20.4 Å². The Morgan fingerprint density at radius 2 is 1.73 bits per heavy atom. The van der Waals surface area contributed by atoms with Gasteiger partial charge in [0.2, 0.25) is 0 Å². The number of hydrogen-bond donors (Lipinski definition) is 1. The number of halogens is 3. The van der Waals surface area contributed by atoms with Crippen molar-refractivity contribution in [3.8, 4) is 27.9 Å². The quantitative estimate of drug-likeness (QED) is 0.557. The molecule has 0 radical (unpaired) electrons. The number of hydrogen-bond acceptors (Lipinski definition) is 5. The summed E-state index contributed by atoms with van der Waals surface area (Å²) in [5, 5.41) is 19.8. The van der Waals surface area contributed by atoms with E-state index in [0.29, 0.717) is 21.8 Å². The van der Waals surface area contributed by atoms with Crippen LogP contribution < -0.4 is 0 Å². The van der Waals surface area contributed by atoms with Crippen LogP contribution in [0.15, 0.2) is 42.5 Å². The minimum atomic E-state index is -4.36. The molecule has 26 heavy (non-hydrogen) atoms. The van der Waals surface area contributed by atoms with Crippen LogP contribution in [0.2, 0.25) is 0 Å². The Hall–Kier alpha value is -3.25. The third-order valence-corrected chi connectivity index (χ3v) is 4.84. The molecule has 1 N–H and O–H groups in total. The molecule has 0 aliphatic heterocycles. The molecule has 0 spiro atoms. The predicted octanol–water partition coefficient (Wildman–Crippen LogP) is 4.64. The minimum absolute atomic E-state index is 0.192. The molecular weight excluding hydrogens is 363 g/mol. The fraction of sp³-hybridized carbons (Fsp3) is 0.0588. The van der Waals surface area contributed by atoms with Gasteiger partial charge in [-0.3, -0.25) is 0 Å². The Labute approximate surface area is 148 Å². The van der Waals surface area contributed by atoms with Crippen molar-refractivity contribution in [2.45, 2.75) is 6.18 Å². The van der Waals surface area contributed by atoms with Crippen molar-refractivity contribution in [2.75, 3.05) is 0 Å². The standard InChI is InChI=1S/C17H8F3N5S/c18-17(19,20)11-4-1-9(2-5-11)16-22-12-6-3-10(7-14(12)26-16)15-13(8-21)23-25-24-15/h1-7H,(H,23,24,25). The van der Waals surface area contributed by atoms with Crippen LogP contribution in [-0.2, 0) is 6.18 Å². The molecule has 2 aromatic carbocycles. The first-order chi connectivity index (χ1) is 12.5. The maximum absolute atomic E-state index is 12.7. The van der Waals surface area contributed by atoms with Crippen molar-refractivity contribution >= 4 is 21.6 Å². The molecule has 0 saturated heterocycles. The van der Waals surface area contributed by atoms with Crippen LogP contribution in [0.3, 0.4) is 0 Å². The van der Waals surface area contributed by atoms with Gasteiger partial charge in [-0.25, -0.2) is 4.98 Å². The Balaban J connectivity index is 1.73. The number of alkyl halides is 3. The molecule has 2 aromatic heterocycles. The summed E-state index contributed by atoms with van der Waals surface area (Å²) in [5.41, 5.74) is 1.98. The number of nitriles is 1. The van der Waals surface area contributed by atoms with E-state index < -0.39 is 11.7 Å². The fourth-order valence-corrected chi connectivity index (χ4v) is 3.52. The van der Waals surface area contributed by atoms with Crippen LogP contribution in [0.4, 0.5) is 13.2 Å². The second-order valence-electron chi connectivity index (χ2n) is 5.41.